The molecule has 0 aliphatic carbocycles. The van der Waals surface area contributed by atoms with Gasteiger partial charge in [-0.25, -0.2) is 0 Å². The van der Waals surface area contributed by atoms with Crippen molar-refractivity contribution in [2.75, 3.05) is 0 Å². The van der Waals surface area contributed by atoms with Gasteiger partial charge in [-0.1, -0.05) is 19.6 Å². The Morgan fingerprint density at radius 1 is 0.241 bits per heavy atom. The maximum absolute atomic E-state index is 12.6. The summed E-state index contributed by atoms with van der Waals surface area (Å²) in [5, 5.41) is 0. The summed E-state index contributed by atoms with van der Waals surface area (Å²) in [6.07, 6.45) is 0. The van der Waals surface area contributed by atoms with Gasteiger partial charge in [0.15, 0.2) is 0 Å². The molecule has 0 N–H and O–H groups in total. The van der Waals surface area contributed by atoms with Crippen molar-refractivity contribution < 1.29 is 112 Å². The van der Waals surface area contributed by atoms with Crippen LogP contribution in [0.25, 0.3) is 0 Å². The van der Waals surface area contributed by atoms with Crippen molar-refractivity contribution in [3.8, 4) is 0 Å². The molecule has 0 saturated carbocycles. The van der Waals surface area contributed by atoms with E-state index in [-0.39, 0.29) is 0 Å². The Labute approximate surface area is 329 Å². The van der Waals surface area contributed by atoms with Crippen LogP contribution in [0.4, 0.5) is 0 Å². The van der Waals surface area contributed by atoms with Crippen LogP contribution in [0.1, 0.15) is 0 Å². The first-order valence-electron chi connectivity index (χ1n) is 12.9. The fourth-order valence-corrected chi connectivity index (χ4v) is 294. The van der Waals surface area contributed by atoms with E-state index < -0.39 is 202 Å². The third-order valence-corrected chi connectivity index (χ3v) is 204. The van der Waals surface area contributed by atoms with E-state index in [1.165, 1.54) is 19.6 Å². The van der Waals surface area contributed by atoms with Crippen LogP contribution in [0.3, 0.4) is 0 Å². The average molecular weight is 1180 g/mol. The van der Waals surface area contributed by atoms with Gasteiger partial charge in [0.05, 0.1) is 0 Å². The smallest absolute Gasteiger partial charge is 0.381 e. The maximum atomic E-state index is 12.6. The lowest BCUT2D eigenvalue weighted by Gasteiger charge is -2.08. The van der Waals surface area contributed by atoms with Crippen LogP contribution in [-0.4, -0.2) is 202 Å². The highest BCUT2D eigenvalue weighted by atomic mass is 30.1. The summed E-state index contributed by atoms with van der Waals surface area (Å²) in [6, 6.07) is 0. The molecule has 0 radical (unpaired) electrons. The molecule has 0 atom stereocenters. The van der Waals surface area contributed by atoms with Crippen LogP contribution in [0.5, 0.6) is 0 Å². The number of hydrogen-bond acceptors (Lipinski definition) is 25. The van der Waals surface area contributed by atoms with Gasteiger partial charge >= 0.3 is 194 Å². The molecule has 54 heavy (non-hydrogen) atoms. The first-order valence-corrected chi connectivity index (χ1v) is 76.5. The minimum Gasteiger partial charge on any atom is -0.389 e. The Morgan fingerprint density at radius 2 is 0.370 bits per heavy atom. The molecule has 0 amide bonds. The van der Waals surface area contributed by atoms with Crippen LogP contribution >= 0.6 is 0 Å². The van der Waals surface area contributed by atoms with Gasteiger partial charge in [0, 0.05) is 0 Å². The zero-order valence-corrected chi connectivity index (χ0v) is 52.4. The summed E-state index contributed by atoms with van der Waals surface area (Å²) < 4.78 is 307. The van der Waals surface area contributed by atoms with Crippen molar-refractivity contribution in [2.45, 2.75) is 19.6 Å². The Kier molecular flexibility index (Phi) is 23.7. The fraction of sp³-hybridized carbons (Fsp3) is 1.00. The van der Waals surface area contributed by atoms with Gasteiger partial charge in [-0.05, 0) is 0 Å². The Bertz CT molecular complexity index is 2180. The summed E-state index contributed by atoms with van der Waals surface area (Å²) in [7, 11) is -107. The molecule has 276 valence electrons. The second kappa shape index (κ2) is 23.4. The normalized spacial score (nSPS) is 10.1. The molecule has 0 aromatic heterocycles. The van der Waals surface area contributed by atoms with Gasteiger partial charge in [-0.2, -0.15) is 0 Å². The summed E-state index contributed by atoms with van der Waals surface area (Å²) in [6.45, 7) is 4.40. The monoisotopic (exact) mass is 1170 g/mol. The van der Waals surface area contributed by atoms with E-state index in [0.717, 1.165) is 0 Å². The van der Waals surface area contributed by atoms with Crippen LogP contribution in [-0.2, 0) is 112 Å². The van der Waals surface area contributed by atoms with E-state index in [9.17, 15) is 112 Å². The van der Waals surface area contributed by atoms with Crippen molar-refractivity contribution in [2.24, 2.45) is 0 Å². The van der Waals surface area contributed by atoms with Crippen LogP contribution < -0.4 is 0 Å². The van der Waals surface area contributed by atoms with Crippen LogP contribution in [0.15, 0.2) is 0 Å². The quantitative estimate of drug-likeness (QED) is 0.0766. The van der Waals surface area contributed by atoms with E-state index >= 15 is 0 Å². The molecule has 0 bridgehead atoms. The van der Waals surface area contributed by atoms with Crippen LogP contribution in [0, 0.1) is 0 Å². The van der Waals surface area contributed by atoms with Gasteiger partial charge < -0.3 is 112 Å². The molecule has 0 rings (SSSR count). The summed E-state index contributed by atoms with van der Waals surface area (Å²) in [5.41, 5.74) is 0. The van der Waals surface area contributed by atoms with Gasteiger partial charge in [0.1, 0.15) is 7.59 Å². The highest BCUT2D eigenvalue weighted by Gasteiger charge is 2.57. The van der Waals surface area contributed by atoms with Crippen molar-refractivity contribution in [1.82, 2.24) is 0 Å². The standard InChI is InChI=1S/C3H10O25Si26/c1-54(2,3)53(28)52(27)51(26)50(25)49(24)48(23)47(22)46(21)45(20)44(19)43(18)42(17)41(16)40(15)39(14)38(13)37(12)36(11)35(10)34(9)33(8)32(7)31(6)30(5)29-4/h29H,1-3H3. The molecule has 0 aliphatic heterocycles. The predicted octanol–water partition coefficient (Wildman–Crippen LogP) is -11.4. The van der Waals surface area contributed by atoms with E-state index in [2.05, 4.69) is 0 Å². The molecule has 0 saturated heterocycles. The predicted molar refractivity (Wildman–Crippen MR) is 186 cm³/mol. The Balaban J connectivity index is 5.84. The summed E-state index contributed by atoms with van der Waals surface area (Å²) in [4.78, 5) is 0. The third kappa shape index (κ3) is 13.9. The largest absolute Gasteiger partial charge is 0.389 e. The molecule has 0 aliphatic rings. The first kappa shape index (κ1) is 54.6. The molecular weight excluding hydrogens is 1170 g/mol. The zero-order chi connectivity index (χ0) is 43.1. The summed E-state index contributed by atoms with van der Waals surface area (Å²) in [5.74, 6) is 0. The SMILES string of the molecule is C[Si](C)(C)[Si](=O)[Si](=O)[Si](=O)[Si](=O)[Si](=O)[Si](=O)[Si](=O)[Si](=O)[Si](=O)[Si](=O)[Si](=O)[Si](=O)[Si](=O)[Si](=O)[Si](=O)[Si](=O)[Si](=O)[Si](=O)[Si](=O)[Si](=O)[Si](=O)[Si](=O)[Si](=O)[Si](=O)[SiH]=O. The zero-order valence-electron chi connectivity index (χ0n) is 26.3. The number of rotatable bonds is 25. The third-order valence-electron chi connectivity index (χ3n) is 5.55. The van der Waals surface area contributed by atoms with Gasteiger partial charge in [-0.15, -0.1) is 0 Å². The molecule has 0 unspecified atom stereocenters. The maximum Gasteiger partial charge on any atom is 0.381 e. The van der Waals surface area contributed by atoms with Crippen molar-refractivity contribution in [3.63, 3.8) is 0 Å². The molecule has 0 spiro atoms. The first-order chi connectivity index (χ1) is 24.4. The number of hydrogen-bond donors (Lipinski definition) is 0. The molecule has 0 aromatic carbocycles. The molecular formula is C3H10O25Si26. The van der Waals surface area contributed by atoms with Crippen molar-refractivity contribution >= 4 is 202 Å². The van der Waals surface area contributed by atoms with Gasteiger partial charge in [-0.3, -0.25) is 0 Å². The Hall–Kier alpha value is 0.639. The van der Waals surface area contributed by atoms with Gasteiger partial charge in [0.25, 0.3) is 0 Å². The summed E-state index contributed by atoms with van der Waals surface area (Å²) >= 11 is 0. The Morgan fingerprint density at radius 3 is 0.500 bits per heavy atom. The lowest BCUT2D eigenvalue weighted by atomic mass is 11.8. The fourth-order valence-electron chi connectivity index (χ4n) is 2.67. The lowest BCUT2D eigenvalue weighted by molar-refractivity contribution is 0.532. The molecule has 25 nitrogen and oxygen atoms in total. The van der Waals surface area contributed by atoms with Crippen LogP contribution in [0.2, 0.25) is 19.6 Å². The molecule has 0 fully saturated rings. The minimum absolute atomic E-state index is 1.47. The topological polar surface area (TPSA) is 427 Å². The lowest BCUT2D eigenvalue weighted by Crippen LogP contribution is -2.57. The molecule has 0 heterocycles. The average Bonchev–Trinajstić information content (AvgIpc) is 3.15. The highest BCUT2D eigenvalue weighted by Crippen LogP contribution is 2.01. The van der Waals surface area contributed by atoms with Gasteiger partial charge in [0.2, 0.25) is 0 Å². The highest BCUT2D eigenvalue weighted by molar-refractivity contribution is 7.84. The van der Waals surface area contributed by atoms with Crippen molar-refractivity contribution in [3.05, 3.63) is 0 Å². The second-order valence-electron chi connectivity index (χ2n) is 10.3. The minimum atomic E-state index is -4.57. The van der Waals surface area contributed by atoms with E-state index in [0.29, 0.717) is 0 Å². The second-order valence-corrected chi connectivity index (χ2v) is 138. The van der Waals surface area contributed by atoms with E-state index in [4.69, 9.17) is 0 Å². The van der Waals surface area contributed by atoms with E-state index in [1.54, 1.807) is 0 Å². The molecule has 0 aromatic rings. The van der Waals surface area contributed by atoms with Crippen molar-refractivity contribution in [1.29, 1.82) is 0 Å². The molecule has 51 heteroatoms. The van der Waals surface area contributed by atoms with E-state index in [1.807, 2.05) is 0 Å².